The van der Waals surface area contributed by atoms with Crippen LogP contribution in [0, 0.1) is 0 Å². The van der Waals surface area contributed by atoms with Crippen LogP contribution >= 0.6 is 11.8 Å². The molecule has 1 atom stereocenters. The second-order valence-corrected chi connectivity index (χ2v) is 5.65. The van der Waals surface area contributed by atoms with Crippen LogP contribution in [0.25, 0.3) is 0 Å². The lowest BCUT2D eigenvalue weighted by molar-refractivity contribution is 0.171. The quantitative estimate of drug-likeness (QED) is 0.838. The van der Waals surface area contributed by atoms with Gasteiger partial charge in [-0.3, -0.25) is 0 Å². The highest BCUT2D eigenvalue weighted by molar-refractivity contribution is 7.99. The zero-order chi connectivity index (χ0) is 12.3. The summed E-state index contributed by atoms with van der Waals surface area (Å²) in [6.07, 6.45) is 1.18. The second kappa shape index (κ2) is 5.54. The minimum atomic E-state index is 0.605. The van der Waals surface area contributed by atoms with Crippen LogP contribution in [0.5, 0.6) is 11.5 Å². The van der Waals surface area contributed by atoms with Gasteiger partial charge in [0.2, 0.25) is 0 Å². The average molecular weight is 253 g/mol. The predicted octanol–water partition coefficient (Wildman–Crippen LogP) is 3.07. The molecule has 0 amide bonds. The first kappa shape index (κ1) is 12.4. The lowest BCUT2D eigenvalue weighted by atomic mass is 10.2. The molecule has 0 saturated carbocycles. The van der Waals surface area contributed by atoms with Gasteiger partial charge in [0.25, 0.3) is 0 Å². The van der Waals surface area contributed by atoms with Gasteiger partial charge in [-0.25, -0.2) is 0 Å². The van der Waals surface area contributed by atoms with Crippen LogP contribution < -0.4 is 15.2 Å². The first-order chi connectivity index (χ1) is 8.20. The van der Waals surface area contributed by atoms with Crippen molar-refractivity contribution in [1.82, 2.24) is 0 Å². The van der Waals surface area contributed by atoms with Crippen molar-refractivity contribution in [2.24, 2.45) is 0 Å². The molecular weight excluding hydrogens is 234 g/mol. The highest BCUT2D eigenvalue weighted by Gasteiger charge is 2.14. The molecule has 0 fully saturated rings. The number of benzene rings is 1. The smallest absolute Gasteiger partial charge is 0.163 e. The minimum Gasteiger partial charge on any atom is -0.486 e. The monoisotopic (exact) mass is 253 g/mol. The summed E-state index contributed by atoms with van der Waals surface area (Å²) in [6, 6.07) is 3.89. The molecule has 2 N–H and O–H groups in total. The van der Waals surface area contributed by atoms with E-state index in [2.05, 4.69) is 13.8 Å². The molecule has 0 aliphatic carbocycles. The molecule has 4 heteroatoms. The Morgan fingerprint density at radius 1 is 1.29 bits per heavy atom. The second-order valence-electron chi connectivity index (χ2n) is 4.22. The summed E-state index contributed by atoms with van der Waals surface area (Å²) in [5.74, 6) is 2.52. The fraction of sp³-hybridized carbons (Fsp3) is 0.538. The van der Waals surface area contributed by atoms with Crippen LogP contribution in [0.4, 0.5) is 5.69 Å². The molecule has 94 valence electrons. The maximum absolute atomic E-state index is 6.02. The number of fused-ring (bicyclic) bond motifs is 1. The summed E-state index contributed by atoms with van der Waals surface area (Å²) in [5, 5.41) is 0.655. The Bertz CT molecular complexity index is 395. The Kier molecular flexibility index (Phi) is 4.05. The van der Waals surface area contributed by atoms with Gasteiger partial charge >= 0.3 is 0 Å². The standard InChI is InChI=1S/C13H19NO2S/c1-3-9(2)17-8-10-6-12-13(7-11(10)14)16-5-4-15-12/h6-7,9H,3-5,8,14H2,1-2H3. The number of nitrogen functional groups attached to an aromatic ring is 1. The minimum absolute atomic E-state index is 0.605. The van der Waals surface area contributed by atoms with Crippen molar-refractivity contribution in [2.75, 3.05) is 18.9 Å². The number of hydrogen-bond donors (Lipinski definition) is 1. The van der Waals surface area contributed by atoms with E-state index in [9.17, 15) is 0 Å². The van der Waals surface area contributed by atoms with Gasteiger partial charge in [-0.05, 0) is 18.1 Å². The Morgan fingerprint density at radius 2 is 1.94 bits per heavy atom. The van der Waals surface area contributed by atoms with Gasteiger partial charge in [-0.15, -0.1) is 0 Å². The maximum atomic E-state index is 6.02. The van der Waals surface area contributed by atoms with Crippen molar-refractivity contribution < 1.29 is 9.47 Å². The van der Waals surface area contributed by atoms with E-state index in [1.165, 1.54) is 6.42 Å². The number of anilines is 1. The summed E-state index contributed by atoms with van der Waals surface area (Å²) >= 11 is 1.92. The Labute approximate surface area is 107 Å². The highest BCUT2D eigenvalue weighted by atomic mass is 32.2. The van der Waals surface area contributed by atoms with E-state index in [0.29, 0.717) is 18.5 Å². The van der Waals surface area contributed by atoms with Gasteiger partial charge in [-0.2, -0.15) is 11.8 Å². The summed E-state index contributed by atoms with van der Waals surface area (Å²) in [5.41, 5.74) is 7.96. The molecule has 0 aromatic heterocycles. The third-order valence-corrected chi connectivity index (χ3v) is 4.28. The molecule has 0 bridgehead atoms. The number of thioether (sulfide) groups is 1. The molecule has 1 aliphatic heterocycles. The zero-order valence-electron chi connectivity index (χ0n) is 10.4. The van der Waals surface area contributed by atoms with Gasteiger partial charge in [-0.1, -0.05) is 13.8 Å². The van der Waals surface area contributed by atoms with Crippen LogP contribution in [0.15, 0.2) is 12.1 Å². The van der Waals surface area contributed by atoms with E-state index in [1.54, 1.807) is 0 Å². The fourth-order valence-electron chi connectivity index (χ4n) is 1.62. The summed E-state index contributed by atoms with van der Waals surface area (Å²) in [7, 11) is 0. The van der Waals surface area contributed by atoms with E-state index in [0.717, 1.165) is 28.5 Å². The van der Waals surface area contributed by atoms with Crippen LogP contribution in [0.2, 0.25) is 0 Å². The van der Waals surface area contributed by atoms with Gasteiger partial charge < -0.3 is 15.2 Å². The lowest BCUT2D eigenvalue weighted by Gasteiger charge is -2.20. The zero-order valence-corrected chi connectivity index (χ0v) is 11.2. The number of rotatable bonds is 4. The summed E-state index contributed by atoms with van der Waals surface area (Å²) in [4.78, 5) is 0. The van der Waals surface area contributed by atoms with E-state index in [-0.39, 0.29) is 0 Å². The van der Waals surface area contributed by atoms with Crippen molar-refractivity contribution in [3.63, 3.8) is 0 Å². The molecule has 0 spiro atoms. The summed E-state index contributed by atoms with van der Waals surface area (Å²) < 4.78 is 11.1. The molecule has 1 unspecified atom stereocenters. The van der Waals surface area contributed by atoms with Crippen molar-refractivity contribution >= 4 is 17.4 Å². The molecule has 3 nitrogen and oxygen atoms in total. The SMILES string of the molecule is CCC(C)SCc1cc2c(cc1N)OCCO2. The van der Waals surface area contributed by atoms with Crippen molar-refractivity contribution in [3.8, 4) is 11.5 Å². The van der Waals surface area contributed by atoms with E-state index in [4.69, 9.17) is 15.2 Å². The predicted molar refractivity (Wildman–Crippen MR) is 72.9 cm³/mol. The van der Waals surface area contributed by atoms with Crippen molar-refractivity contribution in [3.05, 3.63) is 17.7 Å². The van der Waals surface area contributed by atoms with Crippen LogP contribution in [0.3, 0.4) is 0 Å². The Morgan fingerprint density at radius 3 is 2.59 bits per heavy atom. The molecule has 2 rings (SSSR count). The number of ether oxygens (including phenoxy) is 2. The lowest BCUT2D eigenvalue weighted by Crippen LogP contribution is -2.16. The molecule has 17 heavy (non-hydrogen) atoms. The van der Waals surface area contributed by atoms with Crippen LogP contribution in [-0.4, -0.2) is 18.5 Å². The van der Waals surface area contributed by atoms with E-state index in [1.807, 2.05) is 23.9 Å². The topological polar surface area (TPSA) is 44.5 Å². The van der Waals surface area contributed by atoms with Crippen molar-refractivity contribution in [2.45, 2.75) is 31.3 Å². The largest absolute Gasteiger partial charge is 0.486 e. The first-order valence-electron chi connectivity index (χ1n) is 6.00. The van der Waals surface area contributed by atoms with Crippen molar-refractivity contribution in [1.29, 1.82) is 0 Å². The van der Waals surface area contributed by atoms with Gasteiger partial charge in [0.15, 0.2) is 11.5 Å². The highest BCUT2D eigenvalue weighted by Crippen LogP contribution is 2.36. The molecule has 1 aliphatic rings. The molecule has 1 aromatic carbocycles. The Hall–Kier alpha value is -1.03. The number of hydrogen-bond acceptors (Lipinski definition) is 4. The van der Waals surface area contributed by atoms with E-state index < -0.39 is 0 Å². The molecule has 1 aromatic rings. The van der Waals surface area contributed by atoms with E-state index >= 15 is 0 Å². The molecule has 0 radical (unpaired) electrons. The third kappa shape index (κ3) is 3.00. The normalized spacial score (nSPS) is 15.6. The summed E-state index contributed by atoms with van der Waals surface area (Å²) in [6.45, 7) is 5.66. The number of nitrogens with two attached hydrogens (primary N) is 1. The van der Waals surface area contributed by atoms with Crippen LogP contribution in [-0.2, 0) is 5.75 Å². The molecule has 0 saturated heterocycles. The van der Waals surface area contributed by atoms with Gasteiger partial charge in [0.1, 0.15) is 13.2 Å². The average Bonchev–Trinajstić information content (AvgIpc) is 2.35. The molecule has 1 heterocycles. The third-order valence-electron chi connectivity index (χ3n) is 2.90. The fourth-order valence-corrected chi connectivity index (χ4v) is 2.57. The van der Waals surface area contributed by atoms with Gasteiger partial charge in [0, 0.05) is 22.8 Å². The first-order valence-corrected chi connectivity index (χ1v) is 7.05. The maximum Gasteiger partial charge on any atom is 0.163 e. The van der Waals surface area contributed by atoms with Gasteiger partial charge in [0.05, 0.1) is 0 Å². The Balaban J connectivity index is 2.11. The molecular formula is C13H19NO2S. The van der Waals surface area contributed by atoms with Crippen LogP contribution in [0.1, 0.15) is 25.8 Å².